The molecule has 0 amide bonds. The van der Waals surface area contributed by atoms with E-state index in [1.807, 2.05) is 0 Å². The number of nitrogens with zero attached hydrogens (tertiary/aromatic N) is 1. The highest BCUT2D eigenvalue weighted by molar-refractivity contribution is 6.14. The van der Waals surface area contributed by atoms with E-state index in [1.165, 1.54) is 6.26 Å². The van der Waals surface area contributed by atoms with Crippen molar-refractivity contribution in [1.29, 1.82) is 0 Å². The van der Waals surface area contributed by atoms with Gasteiger partial charge in [0.15, 0.2) is 5.78 Å². The Morgan fingerprint density at radius 2 is 2.29 bits per heavy atom. The predicted octanol–water partition coefficient (Wildman–Crippen LogP) is 1.49. The Morgan fingerprint density at radius 3 is 3.07 bits per heavy atom. The van der Waals surface area contributed by atoms with Crippen LogP contribution in [0.15, 0.2) is 17.0 Å². The summed E-state index contributed by atoms with van der Waals surface area (Å²) >= 11 is 0. The van der Waals surface area contributed by atoms with Crippen LogP contribution < -0.4 is 0 Å². The summed E-state index contributed by atoms with van der Waals surface area (Å²) in [6.45, 7) is 0. The standard InChI is InChI=1S/C10H13NO3/c12-10-7(5-11-13)6-14-9-4-2-1-3-8(9)10/h5-6,8-9,13H,1-4H2/b11-5+. The summed E-state index contributed by atoms with van der Waals surface area (Å²) in [7, 11) is 0. The van der Waals surface area contributed by atoms with Crippen LogP contribution in [0.25, 0.3) is 0 Å². The molecular formula is C10H13NO3. The third-order valence-electron chi connectivity index (χ3n) is 2.89. The van der Waals surface area contributed by atoms with Crippen molar-refractivity contribution < 1.29 is 14.7 Å². The van der Waals surface area contributed by atoms with Gasteiger partial charge in [-0.25, -0.2) is 0 Å². The molecule has 0 bridgehead atoms. The highest BCUT2D eigenvalue weighted by Gasteiger charge is 2.36. The maximum Gasteiger partial charge on any atom is 0.174 e. The van der Waals surface area contributed by atoms with Gasteiger partial charge >= 0.3 is 0 Å². The number of rotatable bonds is 1. The van der Waals surface area contributed by atoms with E-state index in [1.54, 1.807) is 0 Å². The molecule has 2 unspecified atom stereocenters. The van der Waals surface area contributed by atoms with E-state index < -0.39 is 0 Å². The molecule has 1 heterocycles. The molecule has 14 heavy (non-hydrogen) atoms. The zero-order chi connectivity index (χ0) is 9.97. The number of hydrogen-bond donors (Lipinski definition) is 1. The molecule has 0 saturated heterocycles. The first-order chi connectivity index (χ1) is 6.83. The second kappa shape index (κ2) is 3.82. The van der Waals surface area contributed by atoms with Gasteiger partial charge in [-0.1, -0.05) is 11.6 Å². The van der Waals surface area contributed by atoms with Gasteiger partial charge in [-0.2, -0.15) is 0 Å². The molecule has 2 rings (SSSR count). The quantitative estimate of drug-likeness (QED) is 0.391. The highest BCUT2D eigenvalue weighted by atomic mass is 16.5. The molecule has 0 aromatic carbocycles. The van der Waals surface area contributed by atoms with Gasteiger partial charge in [0.25, 0.3) is 0 Å². The number of Topliss-reactive ketones (excluding diaryl/α,β-unsaturated/α-hetero) is 1. The van der Waals surface area contributed by atoms with Crippen molar-refractivity contribution in [3.05, 3.63) is 11.8 Å². The number of hydrogen-bond acceptors (Lipinski definition) is 4. The van der Waals surface area contributed by atoms with Crippen LogP contribution in [0.1, 0.15) is 25.7 Å². The molecule has 0 aromatic heterocycles. The molecule has 0 radical (unpaired) electrons. The summed E-state index contributed by atoms with van der Waals surface area (Å²) in [5.74, 6) is 0.0282. The van der Waals surface area contributed by atoms with Crippen molar-refractivity contribution in [3.8, 4) is 0 Å². The van der Waals surface area contributed by atoms with E-state index in [-0.39, 0.29) is 17.8 Å². The number of allylic oxidation sites excluding steroid dienone is 1. The molecule has 1 aliphatic heterocycles. The number of oxime groups is 1. The molecule has 4 heteroatoms. The summed E-state index contributed by atoms with van der Waals surface area (Å²) in [5.41, 5.74) is 0.371. The molecule has 76 valence electrons. The Hall–Kier alpha value is -1.32. The van der Waals surface area contributed by atoms with Gasteiger partial charge in [-0.15, -0.1) is 0 Å². The monoisotopic (exact) mass is 195 g/mol. The fourth-order valence-corrected chi connectivity index (χ4v) is 2.15. The normalized spacial score (nSPS) is 32.3. The summed E-state index contributed by atoms with van der Waals surface area (Å²) in [6.07, 6.45) is 6.66. The minimum Gasteiger partial charge on any atom is -0.496 e. The number of carbonyl (C=O) groups is 1. The molecule has 2 atom stereocenters. The molecule has 1 saturated carbocycles. The summed E-state index contributed by atoms with van der Waals surface area (Å²) in [5, 5.41) is 11.2. The van der Waals surface area contributed by atoms with Crippen LogP contribution >= 0.6 is 0 Å². The Labute approximate surface area is 82.2 Å². The number of fused-ring (bicyclic) bond motifs is 1. The topological polar surface area (TPSA) is 58.9 Å². The van der Waals surface area contributed by atoms with E-state index >= 15 is 0 Å². The van der Waals surface area contributed by atoms with Gasteiger partial charge in [-0.05, 0) is 19.3 Å². The molecular weight excluding hydrogens is 182 g/mol. The Kier molecular flexibility index (Phi) is 2.52. The van der Waals surface area contributed by atoms with Crippen LogP contribution in [-0.4, -0.2) is 23.3 Å². The van der Waals surface area contributed by atoms with Crippen LogP contribution in [0.4, 0.5) is 0 Å². The maximum atomic E-state index is 11.8. The van der Waals surface area contributed by atoms with Crippen LogP contribution in [-0.2, 0) is 9.53 Å². The van der Waals surface area contributed by atoms with Crippen LogP contribution in [0.2, 0.25) is 0 Å². The summed E-state index contributed by atoms with van der Waals surface area (Å²) in [6, 6.07) is 0. The predicted molar refractivity (Wildman–Crippen MR) is 50.2 cm³/mol. The molecule has 0 aromatic rings. The van der Waals surface area contributed by atoms with E-state index in [0.717, 1.165) is 31.9 Å². The zero-order valence-corrected chi connectivity index (χ0v) is 7.85. The molecule has 2 aliphatic rings. The van der Waals surface area contributed by atoms with E-state index in [9.17, 15) is 4.79 Å². The molecule has 0 spiro atoms. The van der Waals surface area contributed by atoms with Gasteiger partial charge in [0, 0.05) is 0 Å². The van der Waals surface area contributed by atoms with Crippen molar-refractivity contribution in [2.45, 2.75) is 31.8 Å². The van der Waals surface area contributed by atoms with Gasteiger partial charge in [0.1, 0.15) is 6.10 Å². The minimum atomic E-state index is -0.0262. The Bertz CT molecular complexity index is 296. The fraction of sp³-hybridized carbons (Fsp3) is 0.600. The molecule has 1 fully saturated rings. The smallest absolute Gasteiger partial charge is 0.174 e. The third-order valence-corrected chi connectivity index (χ3v) is 2.89. The van der Waals surface area contributed by atoms with Crippen LogP contribution in [0.5, 0.6) is 0 Å². The van der Waals surface area contributed by atoms with Gasteiger partial charge in [0.05, 0.1) is 24.0 Å². The number of ether oxygens (including phenoxy) is 1. The Morgan fingerprint density at radius 1 is 1.50 bits per heavy atom. The molecule has 1 N–H and O–H groups in total. The first-order valence-electron chi connectivity index (χ1n) is 4.90. The zero-order valence-electron chi connectivity index (χ0n) is 7.85. The van der Waals surface area contributed by atoms with Crippen LogP contribution in [0.3, 0.4) is 0 Å². The van der Waals surface area contributed by atoms with Crippen LogP contribution in [0, 0.1) is 5.92 Å². The van der Waals surface area contributed by atoms with Gasteiger partial charge in [0.2, 0.25) is 0 Å². The number of carbonyl (C=O) groups excluding carboxylic acids is 1. The first kappa shape index (κ1) is 9.24. The minimum absolute atomic E-state index is 0.0262. The van der Waals surface area contributed by atoms with Crippen molar-refractivity contribution in [2.24, 2.45) is 11.1 Å². The van der Waals surface area contributed by atoms with Crippen molar-refractivity contribution in [1.82, 2.24) is 0 Å². The average Bonchev–Trinajstić information content (AvgIpc) is 2.23. The Balaban J connectivity index is 2.18. The van der Waals surface area contributed by atoms with E-state index in [2.05, 4.69) is 5.16 Å². The fourth-order valence-electron chi connectivity index (χ4n) is 2.15. The molecule has 4 nitrogen and oxygen atoms in total. The van der Waals surface area contributed by atoms with Crippen molar-refractivity contribution in [3.63, 3.8) is 0 Å². The summed E-state index contributed by atoms with van der Waals surface area (Å²) in [4.78, 5) is 11.8. The second-order valence-corrected chi connectivity index (χ2v) is 3.75. The lowest BCUT2D eigenvalue weighted by Crippen LogP contribution is -2.37. The first-order valence-corrected chi connectivity index (χ1v) is 4.90. The largest absolute Gasteiger partial charge is 0.496 e. The summed E-state index contributed by atoms with van der Waals surface area (Å²) < 4.78 is 5.43. The van der Waals surface area contributed by atoms with E-state index in [4.69, 9.17) is 9.94 Å². The van der Waals surface area contributed by atoms with Crippen molar-refractivity contribution in [2.75, 3.05) is 0 Å². The lowest BCUT2D eigenvalue weighted by Gasteiger charge is -2.32. The lowest BCUT2D eigenvalue weighted by atomic mass is 9.80. The highest BCUT2D eigenvalue weighted by Crippen LogP contribution is 2.32. The molecule has 1 aliphatic carbocycles. The number of ketones is 1. The van der Waals surface area contributed by atoms with Gasteiger partial charge in [-0.3, -0.25) is 4.79 Å². The van der Waals surface area contributed by atoms with E-state index in [0.29, 0.717) is 5.57 Å². The second-order valence-electron chi connectivity index (χ2n) is 3.75. The third kappa shape index (κ3) is 1.52. The maximum absolute atomic E-state index is 11.8. The lowest BCUT2D eigenvalue weighted by molar-refractivity contribution is -0.126. The van der Waals surface area contributed by atoms with Crippen molar-refractivity contribution >= 4 is 12.0 Å². The SMILES string of the molecule is O=C1C(/C=N/O)=COC2CCCCC12. The van der Waals surface area contributed by atoms with Gasteiger partial charge < -0.3 is 9.94 Å². The average molecular weight is 195 g/mol.